The molecule has 12 heavy (non-hydrogen) atoms. The van der Waals surface area contributed by atoms with Gasteiger partial charge in [-0.3, -0.25) is 0 Å². The number of ether oxygens (including phenoxy) is 1. The zero-order chi connectivity index (χ0) is 8.55. The van der Waals surface area contributed by atoms with E-state index in [-0.39, 0.29) is 6.09 Å². The lowest BCUT2D eigenvalue weighted by Crippen LogP contribution is -2.37. The summed E-state index contributed by atoms with van der Waals surface area (Å²) in [6.45, 7) is 3.43. The summed E-state index contributed by atoms with van der Waals surface area (Å²) in [6.07, 6.45) is 0.960. The Morgan fingerprint density at radius 1 is 1.50 bits per heavy atom. The molecule has 1 unspecified atom stereocenters. The van der Waals surface area contributed by atoms with Crippen LogP contribution in [0.5, 0.6) is 0 Å². The number of amides is 1. The van der Waals surface area contributed by atoms with Crippen LogP contribution in [-0.2, 0) is 4.74 Å². The largest absolute Gasteiger partial charge is 0.448 e. The second-order valence-corrected chi connectivity index (χ2v) is 3.51. The summed E-state index contributed by atoms with van der Waals surface area (Å²) in [5.74, 6) is 0. The first kappa shape index (κ1) is 7.86. The number of rotatable bonds is 1. The predicted octanol–water partition coefficient (Wildman–Crippen LogP) is 0.143. The topological polar surface area (TPSA) is 32.8 Å². The lowest BCUT2D eigenvalue weighted by molar-refractivity contribution is 0.148. The SMILES string of the molecule is CN1CCC(N2CCOC2=O)C1. The first-order valence-electron chi connectivity index (χ1n) is 4.39. The van der Waals surface area contributed by atoms with Crippen molar-refractivity contribution in [2.45, 2.75) is 12.5 Å². The van der Waals surface area contributed by atoms with E-state index in [9.17, 15) is 4.79 Å². The average Bonchev–Trinajstić information content (AvgIpc) is 2.58. The van der Waals surface area contributed by atoms with Gasteiger partial charge in [0, 0.05) is 12.6 Å². The second kappa shape index (κ2) is 2.94. The number of hydrogen-bond donors (Lipinski definition) is 0. The van der Waals surface area contributed by atoms with Crippen molar-refractivity contribution in [3.8, 4) is 0 Å². The van der Waals surface area contributed by atoms with Crippen molar-refractivity contribution in [2.24, 2.45) is 0 Å². The molecule has 0 bridgehead atoms. The molecular weight excluding hydrogens is 156 g/mol. The van der Waals surface area contributed by atoms with Crippen LogP contribution in [0.15, 0.2) is 0 Å². The zero-order valence-corrected chi connectivity index (χ0v) is 7.32. The van der Waals surface area contributed by atoms with Crippen LogP contribution in [0, 0.1) is 0 Å². The zero-order valence-electron chi connectivity index (χ0n) is 7.32. The van der Waals surface area contributed by atoms with Crippen molar-refractivity contribution in [3.63, 3.8) is 0 Å². The maximum absolute atomic E-state index is 11.2. The fourth-order valence-electron chi connectivity index (χ4n) is 1.90. The first-order chi connectivity index (χ1) is 5.77. The molecule has 68 valence electrons. The van der Waals surface area contributed by atoms with Crippen LogP contribution in [0.2, 0.25) is 0 Å². The van der Waals surface area contributed by atoms with Gasteiger partial charge < -0.3 is 14.5 Å². The van der Waals surface area contributed by atoms with Gasteiger partial charge in [0.25, 0.3) is 0 Å². The average molecular weight is 170 g/mol. The molecule has 2 aliphatic heterocycles. The molecule has 4 heteroatoms. The van der Waals surface area contributed by atoms with E-state index in [1.807, 2.05) is 4.90 Å². The van der Waals surface area contributed by atoms with E-state index >= 15 is 0 Å². The van der Waals surface area contributed by atoms with Crippen molar-refractivity contribution >= 4 is 6.09 Å². The molecule has 0 saturated carbocycles. The Balaban J connectivity index is 1.96. The van der Waals surface area contributed by atoms with Crippen molar-refractivity contribution < 1.29 is 9.53 Å². The second-order valence-electron chi connectivity index (χ2n) is 3.51. The molecule has 2 fully saturated rings. The van der Waals surface area contributed by atoms with Gasteiger partial charge in [0.15, 0.2) is 0 Å². The maximum Gasteiger partial charge on any atom is 0.410 e. The summed E-state index contributed by atoms with van der Waals surface area (Å²) in [7, 11) is 2.08. The van der Waals surface area contributed by atoms with E-state index in [0.717, 1.165) is 26.1 Å². The van der Waals surface area contributed by atoms with Crippen molar-refractivity contribution in [1.29, 1.82) is 0 Å². The molecule has 2 saturated heterocycles. The van der Waals surface area contributed by atoms with Gasteiger partial charge in [0.05, 0.1) is 6.54 Å². The molecule has 0 aromatic heterocycles. The molecule has 1 atom stereocenters. The molecule has 2 heterocycles. The van der Waals surface area contributed by atoms with Gasteiger partial charge in [-0.25, -0.2) is 4.79 Å². The lowest BCUT2D eigenvalue weighted by Gasteiger charge is -2.20. The maximum atomic E-state index is 11.2. The summed E-state index contributed by atoms with van der Waals surface area (Å²) in [6, 6.07) is 0.394. The Morgan fingerprint density at radius 3 is 2.83 bits per heavy atom. The molecule has 2 aliphatic rings. The van der Waals surface area contributed by atoms with Crippen molar-refractivity contribution in [2.75, 3.05) is 33.3 Å². The van der Waals surface area contributed by atoms with E-state index in [4.69, 9.17) is 4.74 Å². The highest BCUT2D eigenvalue weighted by atomic mass is 16.6. The summed E-state index contributed by atoms with van der Waals surface area (Å²) in [5.41, 5.74) is 0. The van der Waals surface area contributed by atoms with Gasteiger partial charge >= 0.3 is 6.09 Å². The lowest BCUT2D eigenvalue weighted by atomic mass is 10.2. The smallest absolute Gasteiger partial charge is 0.410 e. The minimum atomic E-state index is -0.129. The van der Waals surface area contributed by atoms with Crippen LogP contribution in [0.3, 0.4) is 0 Å². The van der Waals surface area contributed by atoms with E-state index in [0.29, 0.717) is 12.6 Å². The third-order valence-electron chi connectivity index (χ3n) is 2.60. The summed E-state index contributed by atoms with van der Waals surface area (Å²) >= 11 is 0. The minimum Gasteiger partial charge on any atom is -0.448 e. The molecule has 0 aromatic carbocycles. The number of hydrogen-bond acceptors (Lipinski definition) is 3. The third-order valence-corrected chi connectivity index (χ3v) is 2.60. The van der Waals surface area contributed by atoms with Gasteiger partial charge in [-0.05, 0) is 20.0 Å². The Kier molecular flexibility index (Phi) is 1.92. The molecule has 4 nitrogen and oxygen atoms in total. The van der Waals surface area contributed by atoms with Gasteiger partial charge in [0.1, 0.15) is 6.61 Å². The van der Waals surface area contributed by atoms with Gasteiger partial charge in [-0.2, -0.15) is 0 Å². The number of nitrogens with zero attached hydrogens (tertiary/aromatic N) is 2. The molecule has 2 rings (SSSR count). The fraction of sp³-hybridized carbons (Fsp3) is 0.875. The number of likely N-dealkylation sites (N-methyl/N-ethyl adjacent to an activating group) is 1. The summed E-state index contributed by atoms with van der Waals surface area (Å²) in [5, 5.41) is 0. The Labute approximate surface area is 72.1 Å². The van der Waals surface area contributed by atoms with Crippen LogP contribution in [0.1, 0.15) is 6.42 Å². The Morgan fingerprint density at radius 2 is 2.33 bits per heavy atom. The summed E-state index contributed by atoms with van der Waals surface area (Å²) < 4.78 is 4.88. The Hall–Kier alpha value is -0.770. The van der Waals surface area contributed by atoms with E-state index in [1.54, 1.807) is 0 Å². The van der Waals surface area contributed by atoms with Crippen LogP contribution < -0.4 is 0 Å². The first-order valence-corrected chi connectivity index (χ1v) is 4.39. The number of likely N-dealkylation sites (tertiary alicyclic amines) is 1. The van der Waals surface area contributed by atoms with Crippen LogP contribution >= 0.6 is 0 Å². The fourth-order valence-corrected chi connectivity index (χ4v) is 1.90. The van der Waals surface area contributed by atoms with E-state index in [1.165, 1.54) is 0 Å². The standard InChI is InChI=1S/C8H14N2O2/c1-9-3-2-7(6-9)10-4-5-12-8(10)11/h7H,2-6H2,1H3. The molecule has 1 amide bonds. The predicted molar refractivity (Wildman–Crippen MR) is 44.0 cm³/mol. The van der Waals surface area contributed by atoms with Crippen LogP contribution in [0.25, 0.3) is 0 Å². The van der Waals surface area contributed by atoms with Crippen molar-refractivity contribution in [3.05, 3.63) is 0 Å². The van der Waals surface area contributed by atoms with Gasteiger partial charge in [-0.1, -0.05) is 0 Å². The highest BCUT2D eigenvalue weighted by Gasteiger charge is 2.33. The third kappa shape index (κ3) is 1.27. The Bertz CT molecular complexity index is 195. The number of carbonyl (C=O) groups is 1. The van der Waals surface area contributed by atoms with Gasteiger partial charge in [-0.15, -0.1) is 0 Å². The molecule has 0 aromatic rings. The molecular formula is C8H14N2O2. The van der Waals surface area contributed by atoms with Crippen molar-refractivity contribution in [1.82, 2.24) is 9.80 Å². The van der Waals surface area contributed by atoms with Crippen LogP contribution in [0.4, 0.5) is 4.79 Å². The number of carbonyl (C=O) groups excluding carboxylic acids is 1. The minimum absolute atomic E-state index is 0.129. The molecule has 0 spiro atoms. The van der Waals surface area contributed by atoms with E-state index < -0.39 is 0 Å². The molecule has 0 radical (unpaired) electrons. The van der Waals surface area contributed by atoms with E-state index in [2.05, 4.69) is 11.9 Å². The quantitative estimate of drug-likeness (QED) is 0.561. The van der Waals surface area contributed by atoms with Gasteiger partial charge in [0.2, 0.25) is 0 Å². The highest BCUT2D eigenvalue weighted by molar-refractivity contribution is 5.69. The molecule has 0 aliphatic carbocycles. The molecule has 0 N–H and O–H groups in total. The van der Waals surface area contributed by atoms with Crippen LogP contribution in [-0.4, -0.2) is 55.2 Å². The summed E-state index contributed by atoms with van der Waals surface area (Å²) in [4.78, 5) is 15.3. The normalized spacial score (nSPS) is 31.2. The monoisotopic (exact) mass is 170 g/mol. The number of cyclic esters (lactones) is 1. The highest BCUT2D eigenvalue weighted by Crippen LogP contribution is 2.17.